The van der Waals surface area contributed by atoms with E-state index >= 15 is 0 Å². The fourth-order valence-corrected chi connectivity index (χ4v) is 2.97. The van der Waals surface area contributed by atoms with E-state index in [-0.39, 0.29) is 6.54 Å². The molecule has 132 valence electrons. The number of nitrogens with one attached hydrogen (secondary N) is 2. The number of carbonyl (C=O) groups excluding carboxylic acids is 2. The molecule has 0 saturated heterocycles. The fraction of sp³-hybridized carbons (Fsp3) is 0.222. The molecule has 0 aliphatic rings. The van der Waals surface area contributed by atoms with Gasteiger partial charge in [0.25, 0.3) is 0 Å². The normalized spacial score (nSPS) is 11.6. The molecule has 0 aliphatic carbocycles. The van der Waals surface area contributed by atoms with Crippen LogP contribution in [-0.4, -0.2) is 36.0 Å². The second kappa shape index (κ2) is 9.50. The zero-order chi connectivity index (χ0) is 18.2. The molecule has 0 radical (unpaired) electrons. The first-order chi connectivity index (χ1) is 12.0. The van der Waals surface area contributed by atoms with Gasteiger partial charge < -0.3 is 15.7 Å². The summed E-state index contributed by atoms with van der Waals surface area (Å²) in [4.78, 5) is 25.9. The molecule has 25 heavy (non-hydrogen) atoms. The minimum atomic E-state index is -0.868. The average Bonchev–Trinajstić information content (AvgIpc) is 2.65. The molecular formula is C18H20N2O3S2. The molecule has 3 N–H and O–H groups in total. The molecule has 0 heterocycles. The van der Waals surface area contributed by atoms with Crippen LogP contribution in [0.2, 0.25) is 0 Å². The van der Waals surface area contributed by atoms with E-state index < -0.39 is 17.9 Å². The van der Waals surface area contributed by atoms with Crippen LogP contribution in [0, 0.1) is 0 Å². The average molecular weight is 377 g/mol. The van der Waals surface area contributed by atoms with Crippen molar-refractivity contribution in [3.63, 3.8) is 0 Å². The molecule has 0 fully saturated rings. The van der Waals surface area contributed by atoms with Crippen molar-refractivity contribution in [2.45, 2.75) is 15.9 Å². The predicted molar refractivity (Wildman–Crippen MR) is 103 cm³/mol. The van der Waals surface area contributed by atoms with Crippen LogP contribution in [0.15, 0.2) is 58.3 Å². The third-order valence-electron chi connectivity index (χ3n) is 3.49. The molecule has 2 aromatic carbocycles. The van der Waals surface area contributed by atoms with E-state index in [0.717, 1.165) is 9.79 Å². The van der Waals surface area contributed by atoms with Crippen LogP contribution in [0.1, 0.15) is 11.7 Å². The van der Waals surface area contributed by atoms with E-state index in [0.29, 0.717) is 11.3 Å². The van der Waals surface area contributed by atoms with Crippen LogP contribution in [0.3, 0.4) is 0 Å². The number of benzene rings is 2. The first-order valence-corrected chi connectivity index (χ1v) is 10.0. The molecule has 7 heteroatoms. The Morgan fingerprint density at radius 3 is 2.32 bits per heavy atom. The summed E-state index contributed by atoms with van der Waals surface area (Å²) in [5, 5.41) is 15.1. The Hall–Kier alpha value is -1.96. The SMILES string of the molecule is CSc1ccc(C(O)CNC(=O)C(=O)Nc2cccc(SC)c2)cc1. The molecule has 0 bridgehead atoms. The van der Waals surface area contributed by atoms with Gasteiger partial charge in [0.2, 0.25) is 0 Å². The van der Waals surface area contributed by atoms with Crippen molar-refractivity contribution >= 4 is 41.0 Å². The van der Waals surface area contributed by atoms with Gasteiger partial charge in [-0.2, -0.15) is 0 Å². The van der Waals surface area contributed by atoms with Gasteiger partial charge in [0, 0.05) is 22.0 Å². The van der Waals surface area contributed by atoms with Gasteiger partial charge >= 0.3 is 11.8 Å². The van der Waals surface area contributed by atoms with E-state index in [1.807, 2.05) is 30.7 Å². The number of amides is 2. The molecular weight excluding hydrogens is 356 g/mol. The fourth-order valence-electron chi connectivity index (χ4n) is 2.10. The molecule has 2 amide bonds. The van der Waals surface area contributed by atoms with Crippen LogP contribution in [0.5, 0.6) is 0 Å². The van der Waals surface area contributed by atoms with E-state index in [1.165, 1.54) is 0 Å². The van der Waals surface area contributed by atoms with E-state index in [1.54, 1.807) is 53.9 Å². The summed E-state index contributed by atoms with van der Waals surface area (Å²) in [7, 11) is 0. The zero-order valence-corrected chi connectivity index (χ0v) is 15.6. The van der Waals surface area contributed by atoms with Crippen molar-refractivity contribution in [3.8, 4) is 0 Å². The number of anilines is 1. The summed E-state index contributed by atoms with van der Waals surface area (Å²) in [5.74, 6) is -1.54. The molecule has 5 nitrogen and oxygen atoms in total. The standard InChI is InChI=1S/C18H20N2O3S2/c1-24-14-8-6-12(7-9-14)16(21)11-19-17(22)18(23)20-13-4-3-5-15(10-13)25-2/h3-10,16,21H,11H2,1-2H3,(H,19,22)(H,20,23). The third kappa shape index (κ3) is 5.81. The Morgan fingerprint density at radius 2 is 1.68 bits per heavy atom. The number of hydrogen-bond donors (Lipinski definition) is 3. The summed E-state index contributed by atoms with van der Waals surface area (Å²) in [6.45, 7) is -0.0320. The molecule has 1 atom stereocenters. The lowest BCUT2D eigenvalue weighted by molar-refractivity contribution is -0.136. The quantitative estimate of drug-likeness (QED) is 0.534. The number of thioether (sulfide) groups is 2. The predicted octanol–water partition coefficient (Wildman–Crippen LogP) is 2.92. The lowest BCUT2D eigenvalue weighted by Gasteiger charge is -2.13. The van der Waals surface area contributed by atoms with Gasteiger partial charge in [0.1, 0.15) is 0 Å². The highest BCUT2D eigenvalue weighted by molar-refractivity contribution is 7.98. The first kappa shape index (κ1) is 19.4. The zero-order valence-electron chi connectivity index (χ0n) is 14.0. The third-order valence-corrected chi connectivity index (χ3v) is 4.96. The minimum absolute atomic E-state index is 0.0320. The Balaban J connectivity index is 1.86. The van der Waals surface area contributed by atoms with Crippen molar-refractivity contribution in [2.75, 3.05) is 24.4 Å². The smallest absolute Gasteiger partial charge is 0.313 e. The number of carbonyl (C=O) groups is 2. The molecule has 2 rings (SSSR count). The molecule has 0 aromatic heterocycles. The van der Waals surface area contributed by atoms with Crippen LogP contribution in [0.4, 0.5) is 5.69 Å². The number of aliphatic hydroxyl groups excluding tert-OH is 1. The number of aliphatic hydroxyl groups is 1. The van der Waals surface area contributed by atoms with Gasteiger partial charge in [-0.3, -0.25) is 9.59 Å². The first-order valence-electron chi connectivity index (χ1n) is 7.58. The molecule has 0 aliphatic heterocycles. The summed E-state index contributed by atoms with van der Waals surface area (Å²) in [5.41, 5.74) is 1.24. The van der Waals surface area contributed by atoms with Crippen LogP contribution >= 0.6 is 23.5 Å². The van der Waals surface area contributed by atoms with Crippen LogP contribution < -0.4 is 10.6 Å². The van der Waals surface area contributed by atoms with Crippen LogP contribution in [0.25, 0.3) is 0 Å². The van der Waals surface area contributed by atoms with Crippen molar-refractivity contribution in [3.05, 3.63) is 54.1 Å². The second-order valence-corrected chi connectivity index (χ2v) is 6.94. The van der Waals surface area contributed by atoms with Crippen molar-refractivity contribution in [1.82, 2.24) is 5.32 Å². The topological polar surface area (TPSA) is 78.4 Å². The van der Waals surface area contributed by atoms with Gasteiger partial charge in [-0.25, -0.2) is 0 Å². The molecule has 0 spiro atoms. The van der Waals surface area contributed by atoms with Gasteiger partial charge in [0.05, 0.1) is 6.10 Å². The van der Waals surface area contributed by atoms with Gasteiger partial charge in [0.15, 0.2) is 0 Å². The van der Waals surface area contributed by atoms with Crippen molar-refractivity contribution < 1.29 is 14.7 Å². The van der Waals surface area contributed by atoms with Gasteiger partial charge in [-0.05, 0) is 48.4 Å². The van der Waals surface area contributed by atoms with Crippen molar-refractivity contribution in [2.24, 2.45) is 0 Å². The highest BCUT2D eigenvalue weighted by atomic mass is 32.2. The summed E-state index contributed by atoms with van der Waals surface area (Å²) < 4.78 is 0. The lowest BCUT2D eigenvalue weighted by atomic mass is 10.1. The number of rotatable bonds is 6. The monoisotopic (exact) mass is 376 g/mol. The molecule has 0 saturated carbocycles. The summed E-state index contributed by atoms with van der Waals surface area (Å²) in [6.07, 6.45) is 3.03. The lowest BCUT2D eigenvalue weighted by Crippen LogP contribution is -2.37. The Labute approximate surface area is 155 Å². The van der Waals surface area contributed by atoms with E-state index in [2.05, 4.69) is 10.6 Å². The largest absolute Gasteiger partial charge is 0.387 e. The highest BCUT2D eigenvalue weighted by Gasteiger charge is 2.16. The van der Waals surface area contributed by atoms with Crippen molar-refractivity contribution in [1.29, 1.82) is 0 Å². The maximum absolute atomic E-state index is 11.9. The maximum Gasteiger partial charge on any atom is 0.313 e. The van der Waals surface area contributed by atoms with Gasteiger partial charge in [-0.1, -0.05) is 18.2 Å². The maximum atomic E-state index is 11.9. The number of hydrogen-bond acceptors (Lipinski definition) is 5. The van der Waals surface area contributed by atoms with Crippen LogP contribution in [-0.2, 0) is 9.59 Å². The Morgan fingerprint density at radius 1 is 1.00 bits per heavy atom. The van der Waals surface area contributed by atoms with Gasteiger partial charge in [-0.15, -0.1) is 23.5 Å². The van der Waals surface area contributed by atoms with E-state index in [9.17, 15) is 14.7 Å². The molecule has 1 unspecified atom stereocenters. The second-order valence-electron chi connectivity index (χ2n) is 5.19. The van der Waals surface area contributed by atoms with E-state index in [4.69, 9.17) is 0 Å². The summed E-state index contributed by atoms with van der Waals surface area (Å²) >= 11 is 3.16. The Kier molecular flexibility index (Phi) is 7.36. The minimum Gasteiger partial charge on any atom is -0.387 e. The highest BCUT2D eigenvalue weighted by Crippen LogP contribution is 2.19. The summed E-state index contributed by atoms with van der Waals surface area (Å²) in [6, 6.07) is 14.6. The molecule has 2 aromatic rings. The Bertz CT molecular complexity index is 735.